The number of aromatic carboxylic acids is 1. The molecule has 0 saturated carbocycles. The smallest absolute Gasteiger partial charge is 0.336 e. The lowest BCUT2D eigenvalue weighted by atomic mass is 9.98. The number of hydrogen-bond donors (Lipinski definition) is 1. The van der Waals surface area contributed by atoms with Crippen molar-refractivity contribution in [2.45, 2.75) is 0 Å². The van der Waals surface area contributed by atoms with Gasteiger partial charge in [-0.15, -0.1) is 0 Å². The molecule has 0 atom stereocenters. The highest BCUT2D eigenvalue weighted by Gasteiger charge is 2.27. The van der Waals surface area contributed by atoms with Crippen molar-refractivity contribution in [1.29, 1.82) is 0 Å². The first-order valence-corrected chi connectivity index (χ1v) is 6.04. The second-order valence-electron chi connectivity index (χ2n) is 3.60. The van der Waals surface area contributed by atoms with Gasteiger partial charge in [0.1, 0.15) is 5.56 Å². The van der Waals surface area contributed by atoms with Crippen LogP contribution in [0, 0.1) is 10.1 Å². The van der Waals surface area contributed by atoms with Gasteiger partial charge < -0.3 is 5.11 Å². The molecular formula is C12H7NO5S. The molecule has 0 saturated heterocycles. The average Bonchev–Trinajstić information content (AvgIpc) is 2.90. The van der Waals surface area contributed by atoms with Crippen molar-refractivity contribution in [1.82, 2.24) is 0 Å². The largest absolute Gasteiger partial charge is 0.478 e. The van der Waals surface area contributed by atoms with Crippen LogP contribution in [0.15, 0.2) is 35.0 Å². The molecule has 0 aliphatic carbocycles. The van der Waals surface area contributed by atoms with Gasteiger partial charge in [0.2, 0.25) is 5.78 Å². The van der Waals surface area contributed by atoms with Crippen molar-refractivity contribution < 1.29 is 19.6 Å². The second-order valence-corrected chi connectivity index (χ2v) is 4.38. The molecule has 0 fully saturated rings. The molecule has 0 amide bonds. The zero-order chi connectivity index (χ0) is 14.0. The lowest BCUT2D eigenvalue weighted by molar-refractivity contribution is -0.385. The van der Waals surface area contributed by atoms with E-state index in [1.54, 1.807) is 5.38 Å². The van der Waals surface area contributed by atoms with Crippen LogP contribution in [0.3, 0.4) is 0 Å². The van der Waals surface area contributed by atoms with Gasteiger partial charge in [-0.3, -0.25) is 14.9 Å². The maximum atomic E-state index is 12.2. The van der Waals surface area contributed by atoms with Crippen LogP contribution in [0.4, 0.5) is 5.69 Å². The summed E-state index contributed by atoms with van der Waals surface area (Å²) >= 11 is 1.25. The molecule has 1 heterocycles. The number of nitro groups is 1. The Hall–Kier alpha value is -2.54. The molecule has 19 heavy (non-hydrogen) atoms. The molecule has 0 spiro atoms. The highest BCUT2D eigenvalue weighted by Crippen LogP contribution is 2.26. The number of carbonyl (C=O) groups excluding carboxylic acids is 1. The summed E-state index contributed by atoms with van der Waals surface area (Å²) in [6.45, 7) is 0. The molecule has 2 rings (SSSR count). The van der Waals surface area contributed by atoms with E-state index in [1.807, 2.05) is 0 Å². The number of benzene rings is 1. The Bertz CT molecular complexity index is 631. The van der Waals surface area contributed by atoms with Crippen molar-refractivity contribution in [3.8, 4) is 0 Å². The van der Waals surface area contributed by atoms with Crippen molar-refractivity contribution in [3.05, 3.63) is 61.8 Å². The van der Waals surface area contributed by atoms with Crippen molar-refractivity contribution in [2.24, 2.45) is 0 Å². The zero-order valence-corrected chi connectivity index (χ0v) is 10.2. The molecule has 0 aliphatic rings. The van der Waals surface area contributed by atoms with E-state index < -0.39 is 27.9 Å². The fraction of sp³-hybridized carbons (Fsp3) is 0. The minimum atomic E-state index is -1.37. The van der Waals surface area contributed by atoms with E-state index in [0.29, 0.717) is 0 Å². The summed E-state index contributed by atoms with van der Waals surface area (Å²) in [5.74, 6) is -2.03. The van der Waals surface area contributed by atoms with Gasteiger partial charge in [0.25, 0.3) is 5.69 Å². The first-order valence-electron chi connectivity index (χ1n) is 5.10. The zero-order valence-electron chi connectivity index (χ0n) is 9.40. The van der Waals surface area contributed by atoms with E-state index in [9.17, 15) is 19.7 Å². The van der Waals surface area contributed by atoms with Crippen molar-refractivity contribution in [2.75, 3.05) is 0 Å². The fourth-order valence-electron chi connectivity index (χ4n) is 1.65. The number of carboxylic acids is 1. The number of carboxylic acid groups (broad SMARTS) is 1. The van der Waals surface area contributed by atoms with E-state index in [-0.39, 0.29) is 11.1 Å². The van der Waals surface area contributed by atoms with E-state index in [4.69, 9.17) is 5.11 Å². The van der Waals surface area contributed by atoms with Crippen LogP contribution >= 0.6 is 11.3 Å². The van der Waals surface area contributed by atoms with Crippen LogP contribution in [0.2, 0.25) is 0 Å². The molecule has 0 unspecified atom stereocenters. The van der Waals surface area contributed by atoms with E-state index in [2.05, 4.69) is 0 Å². The van der Waals surface area contributed by atoms with Crippen molar-refractivity contribution >= 4 is 28.8 Å². The number of thiophene rings is 1. The van der Waals surface area contributed by atoms with Crippen LogP contribution in [-0.2, 0) is 0 Å². The molecule has 96 valence electrons. The van der Waals surface area contributed by atoms with Gasteiger partial charge in [0, 0.05) is 17.0 Å². The SMILES string of the molecule is O=C(O)c1cccc([N+](=O)[O-])c1C(=O)c1ccsc1. The maximum Gasteiger partial charge on any atom is 0.336 e. The Morgan fingerprint density at radius 1 is 1.26 bits per heavy atom. The third kappa shape index (κ3) is 2.36. The van der Waals surface area contributed by atoms with Crippen molar-refractivity contribution in [3.63, 3.8) is 0 Å². The lowest BCUT2D eigenvalue weighted by Gasteiger charge is -2.04. The molecule has 1 N–H and O–H groups in total. The number of carbonyl (C=O) groups is 2. The quantitative estimate of drug-likeness (QED) is 0.526. The Balaban J connectivity index is 2.68. The molecule has 6 nitrogen and oxygen atoms in total. The predicted octanol–water partition coefficient (Wildman–Crippen LogP) is 2.59. The van der Waals surface area contributed by atoms with E-state index >= 15 is 0 Å². The third-order valence-electron chi connectivity index (χ3n) is 2.48. The first-order chi connectivity index (χ1) is 9.02. The number of ketones is 1. The van der Waals surface area contributed by atoms with Gasteiger partial charge in [-0.05, 0) is 17.5 Å². The number of nitrogens with zero attached hydrogens (tertiary/aromatic N) is 1. The second kappa shape index (κ2) is 4.99. The molecule has 0 bridgehead atoms. The van der Waals surface area contributed by atoms with Crippen LogP contribution in [0.1, 0.15) is 26.3 Å². The average molecular weight is 277 g/mol. The lowest BCUT2D eigenvalue weighted by Crippen LogP contribution is -2.12. The summed E-state index contributed by atoms with van der Waals surface area (Å²) < 4.78 is 0. The molecular weight excluding hydrogens is 270 g/mol. The van der Waals surface area contributed by atoms with Gasteiger partial charge in [0.15, 0.2) is 0 Å². The van der Waals surface area contributed by atoms with Crippen LogP contribution in [0.5, 0.6) is 0 Å². The van der Waals surface area contributed by atoms with Gasteiger partial charge in [0.05, 0.1) is 10.5 Å². The first kappa shape index (κ1) is 12.9. The predicted molar refractivity (Wildman–Crippen MR) is 67.8 cm³/mol. The van der Waals surface area contributed by atoms with Crippen LogP contribution in [0.25, 0.3) is 0 Å². The van der Waals surface area contributed by atoms with Crippen LogP contribution in [-0.4, -0.2) is 21.8 Å². The molecule has 1 aromatic carbocycles. The van der Waals surface area contributed by atoms with E-state index in [1.165, 1.54) is 34.9 Å². The summed E-state index contributed by atoms with van der Waals surface area (Å²) in [5, 5.41) is 23.1. The Morgan fingerprint density at radius 3 is 2.53 bits per heavy atom. The fourth-order valence-corrected chi connectivity index (χ4v) is 2.28. The third-order valence-corrected chi connectivity index (χ3v) is 3.16. The molecule has 7 heteroatoms. The standard InChI is InChI=1S/C12H7NO5S/c14-11(7-4-5-19-6-7)10-8(12(15)16)2-1-3-9(10)13(17)18/h1-6H,(H,15,16). The van der Waals surface area contributed by atoms with Crippen LogP contribution < -0.4 is 0 Å². The van der Waals surface area contributed by atoms with E-state index in [0.717, 1.165) is 6.07 Å². The molecule has 0 radical (unpaired) electrons. The minimum Gasteiger partial charge on any atom is -0.478 e. The van der Waals surface area contributed by atoms with Gasteiger partial charge in [-0.2, -0.15) is 11.3 Å². The molecule has 0 aliphatic heterocycles. The summed E-state index contributed by atoms with van der Waals surface area (Å²) in [7, 11) is 0. The Kier molecular flexibility index (Phi) is 3.39. The summed E-state index contributed by atoms with van der Waals surface area (Å²) in [6, 6.07) is 5.03. The highest BCUT2D eigenvalue weighted by atomic mass is 32.1. The molecule has 2 aromatic rings. The van der Waals surface area contributed by atoms with Gasteiger partial charge in [-0.25, -0.2) is 4.79 Å². The Morgan fingerprint density at radius 2 is 2.00 bits per heavy atom. The minimum absolute atomic E-state index is 0.238. The topological polar surface area (TPSA) is 97.5 Å². The normalized spacial score (nSPS) is 10.1. The molecule has 1 aromatic heterocycles. The Labute approximate surface area is 111 Å². The monoisotopic (exact) mass is 277 g/mol. The maximum absolute atomic E-state index is 12.2. The summed E-state index contributed by atoms with van der Waals surface area (Å²) in [5.41, 5.74) is -1.03. The number of hydrogen-bond acceptors (Lipinski definition) is 5. The number of rotatable bonds is 4. The van der Waals surface area contributed by atoms with Gasteiger partial charge >= 0.3 is 5.97 Å². The van der Waals surface area contributed by atoms with Gasteiger partial charge in [-0.1, -0.05) is 6.07 Å². The number of nitro benzene ring substituents is 1. The summed E-state index contributed by atoms with van der Waals surface area (Å²) in [4.78, 5) is 33.5. The highest BCUT2D eigenvalue weighted by molar-refractivity contribution is 7.08. The summed E-state index contributed by atoms with van der Waals surface area (Å²) in [6.07, 6.45) is 0.